The lowest BCUT2D eigenvalue weighted by Crippen LogP contribution is -2.32. The summed E-state index contributed by atoms with van der Waals surface area (Å²) >= 11 is 6.27. The first-order valence-corrected chi connectivity index (χ1v) is 11.3. The number of aryl methyl sites for hydroxylation is 2. The molecular weight excluding hydrogens is 396 g/mol. The summed E-state index contributed by atoms with van der Waals surface area (Å²) in [4.78, 5) is 12.9. The average Bonchev–Trinajstić information content (AvgIpc) is 2.94. The van der Waals surface area contributed by atoms with E-state index in [4.69, 9.17) is 11.6 Å². The van der Waals surface area contributed by atoms with Gasteiger partial charge in [-0.1, -0.05) is 36.6 Å². The van der Waals surface area contributed by atoms with Crippen LogP contribution in [0.1, 0.15) is 47.2 Å². The van der Waals surface area contributed by atoms with Crippen molar-refractivity contribution >= 4 is 33.2 Å². The smallest absolute Gasteiger partial charge is 0.255 e. The highest BCUT2D eigenvalue weighted by Gasteiger charge is 2.26. The fourth-order valence-electron chi connectivity index (χ4n) is 3.49. The van der Waals surface area contributed by atoms with Crippen molar-refractivity contribution in [2.75, 3.05) is 18.4 Å². The van der Waals surface area contributed by atoms with Crippen molar-refractivity contribution in [2.24, 2.45) is 0 Å². The van der Waals surface area contributed by atoms with E-state index in [0.29, 0.717) is 23.8 Å². The number of sulfonamides is 1. The lowest BCUT2D eigenvalue weighted by molar-refractivity contribution is 0.102. The molecule has 2 aromatic rings. The van der Waals surface area contributed by atoms with E-state index in [1.165, 1.54) is 10.4 Å². The summed E-state index contributed by atoms with van der Waals surface area (Å²) in [6.45, 7) is 4.85. The number of carbonyl (C=O) groups is 1. The minimum atomic E-state index is -3.61. The van der Waals surface area contributed by atoms with Gasteiger partial charge in [0.05, 0.1) is 15.6 Å². The highest BCUT2D eigenvalue weighted by atomic mass is 35.5. The zero-order valence-corrected chi connectivity index (χ0v) is 17.7. The Balaban J connectivity index is 1.86. The first-order chi connectivity index (χ1) is 13.3. The monoisotopic (exact) mass is 420 g/mol. The first kappa shape index (κ1) is 20.8. The summed E-state index contributed by atoms with van der Waals surface area (Å²) in [5.74, 6) is -0.387. The van der Waals surface area contributed by atoms with E-state index in [2.05, 4.69) is 5.32 Å². The molecular formula is C21H25ClN2O3S. The minimum Gasteiger partial charge on any atom is -0.320 e. The number of benzene rings is 2. The van der Waals surface area contributed by atoms with Crippen molar-refractivity contribution in [3.8, 4) is 0 Å². The summed E-state index contributed by atoms with van der Waals surface area (Å²) in [5, 5.41) is 3.27. The van der Waals surface area contributed by atoms with E-state index < -0.39 is 10.0 Å². The van der Waals surface area contributed by atoms with Crippen LogP contribution in [0.5, 0.6) is 0 Å². The molecule has 2 aromatic carbocycles. The lowest BCUT2D eigenvalue weighted by Gasteiger charge is -2.20. The number of nitrogens with zero attached hydrogens (tertiary/aromatic N) is 1. The van der Waals surface area contributed by atoms with Crippen molar-refractivity contribution in [1.82, 2.24) is 4.31 Å². The lowest BCUT2D eigenvalue weighted by atomic mass is 10.1. The Labute approximate surface area is 171 Å². The number of rotatable bonds is 4. The molecule has 1 N–H and O–H groups in total. The quantitative estimate of drug-likeness (QED) is 0.774. The molecule has 0 unspecified atom stereocenters. The van der Waals surface area contributed by atoms with E-state index in [1.807, 2.05) is 19.9 Å². The number of carbonyl (C=O) groups excluding carboxylic acids is 1. The van der Waals surface area contributed by atoms with Crippen molar-refractivity contribution in [2.45, 2.75) is 44.4 Å². The highest BCUT2D eigenvalue weighted by molar-refractivity contribution is 7.89. The van der Waals surface area contributed by atoms with Gasteiger partial charge in [0.15, 0.2) is 0 Å². The van der Waals surface area contributed by atoms with Crippen LogP contribution in [0, 0.1) is 13.8 Å². The van der Waals surface area contributed by atoms with Crippen LogP contribution in [0.4, 0.5) is 5.69 Å². The van der Waals surface area contributed by atoms with Gasteiger partial charge in [-0.15, -0.1) is 0 Å². The molecule has 5 nitrogen and oxygen atoms in total. The van der Waals surface area contributed by atoms with Gasteiger partial charge in [-0.05, 0) is 62.1 Å². The van der Waals surface area contributed by atoms with Crippen molar-refractivity contribution in [1.29, 1.82) is 0 Å². The molecule has 1 fully saturated rings. The fourth-order valence-corrected chi connectivity index (χ4v) is 5.42. The van der Waals surface area contributed by atoms with E-state index in [1.54, 1.807) is 24.3 Å². The largest absolute Gasteiger partial charge is 0.320 e. The van der Waals surface area contributed by atoms with Crippen molar-refractivity contribution in [3.63, 3.8) is 0 Å². The third kappa shape index (κ3) is 4.57. The van der Waals surface area contributed by atoms with E-state index in [0.717, 1.165) is 36.8 Å². The Hall–Kier alpha value is -1.89. The van der Waals surface area contributed by atoms with Crippen molar-refractivity contribution < 1.29 is 13.2 Å². The van der Waals surface area contributed by atoms with Gasteiger partial charge in [-0.3, -0.25) is 4.79 Å². The number of hydrogen-bond acceptors (Lipinski definition) is 3. The number of halogens is 1. The third-order valence-corrected chi connectivity index (χ3v) is 7.16. The standard InChI is InChI=1S/C21H25ClN2O3S/c1-15-12-16(2)20(19(22)13-15)23-21(25)17-8-7-9-18(14-17)28(26,27)24-10-5-3-4-6-11-24/h7-9,12-14H,3-6,10-11H2,1-2H3,(H,23,25). The second kappa shape index (κ2) is 8.64. The van der Waals surface area contributed by atoms with Gasteiger partial charge in [0.2, 0.25) is 10.0 Å². The molecule has 0 spiro atoms. The molecule has 3 rings (SSSR count). The molecule has 0 saturated carbocycles. The third-order valence-electron chi connectivity index (χ3n) is 4.97. The number of nitrogens with one attached hydrogen (secondary N) is 1. The summed E-state index contributed by atoms with van der Waals surface area (Å²) < 4.78 is 27.5. The molecule has 1 heterocycles. The highest BCUT2D eigenvalue weighted by Crippen LogP contribution is 2.28. The predicted molar refractivity (Wildman–Crippen MR) is 113 cm³/mol. The molecule has 28 heavy (non-hydrogen) atoms. The summed E-state index contributed by atoms with van der Waals surface area (Å²) in [6, 6.07) is 9.90. The molecule has 0 atom stereocenters. The number of anilines is 1. The Morgan fingerprint density at radius 2 is 1.71 bits per heavy atom. The number of hydrogen-bond donors (Lipinski definition) is 1. The van der Waals surface area contributed by atoms with Gasteiger partial charge < -0.3 is 5.32 Å². The molecule has 1 saturated heterocycles. The second-order valence-electron chi connectivity index (χ2n) is 7.24. The van der Waals surface area contributed by atoms with Crippen LogP contribution in [0.3, 0.4) is 0 Å². The zero-order valence-electron chi connectivity index (χ0n) is 16.2. The maximum atomic E-state index is 13.0. The van der Waals surface area contributed by atoms with E-state index in [-0.39, 0.29) is 16.4 Å². The molecule has 1 aliphatic heterocycles. The average molecular weight is 421 g/mol. The van der Waals surface area contributed by atoms with Crippen molar-refractivity contribution in [3.05, 3.63) is 58.1 Å². The second-order valence-corrected chi connectivity index (χ2v) is 9.58. The maximum absolute atomic E-state index is 13.0. The molecule has 0 bridgehead atoms. The maximum Gasteiger partial charge on any atom is 0.255 e. The minimum absolute atomic E-state index is 0.147. The molecule has 0 aromatic heterocycles. The van der Waals surface area contributed by atoms with Gasteiger partial charge in [-0.25, -0.2) is 8.42 Å². The molecule has 0 radical (unpaired) electrons. The van der Waals surface area contributed by atoms with Gasteiger partial charge >= 0.3 is 0 Å². The molecule has 7 heteroatoms. The van der Waals surface area contributed by atoms with Crippen LogP contribution < -0.4 is 5.32 Å². The molecule has 1 aliphatic rings. The first-order valence-electron chi connectivity index (χ1n) is 9.47. The number of amides is 1. The zero-order chi connectivity index (χ0) is 20.3. The predicted octanol–water partition coefficient (Wildman–Crippen LogP) is 4.77. The molecule has 1 amide bonds. The van der Waals surface area contributed by atoms with Gasteiger partial charge in [-0.2, -0.15) is 4.31 Å². The van der Waals surface area contributed by atoms with Crippen LogP contribution in [0.2, 0.25) is 5.02 Å². The Kier molecular flexibility index (Phi) is 6.43. The fraction of sp³-hybridized carbons (Fsp3) is 0.381. The Morgan fingerprint density at radius 1 is 1.04 bits per heavy atom. The van der Waals surface area contributed by atoms with Gasteiger partial charge in [0.25, 0.3) is 5.91 Å². The normalized spacial score (nSPS) is 15.8. The van der Waals surface area contributed by atoms with Gasteiger partial charge in [0.1, 0.15) is 0 Å². The van der Waals surface area contributed by atoms with Crippen LogP contribution in [0.15, 0.2) is 41.3 Å². The van der Waals surface area contributed by atoms with Crippen LogP contribution in [0.25, 0.3) is 0 Å². The van der Waals surface area contributed by atoms with Gasteiger partial charge in [0, 0.05) is 18.7 Å². The van der Waals surface area contributed by atoms with Crippen LogP contribution in [-0.2, 0) is 10.0 Å². The SMILES string of the molecule is Cc1cc(C)c(NC(=O)c2cccc(S(=O)(=O)N3CCCCCC3)c2)c(Cl)c1. The summed E-state index contributed by atoms with van der Waals surface area (Å²) in [6.07, 6.45) is 3.82. The van der Waals surface area contributed by atoms with E-state index in [9.17, 15) is 13.2 Å². The summed E-state index contributed by atoms with van der Waals surface area (Å²) in [5.41, 5.74) is 2.68. The molecule has 0 aliphatic carbocycles. The van der Waals surface area contributed by atoms with E-state index >= 15 is 0 Å². The topological polar surface area (TPSA) is 66.5 Å². The molecule has 150 valence electrons. The van der Waals surface area contributed by atoms with Crippen LogP contribution >= 0.6 is 11.6 Å². The summed E-state index contributed by atoms with van der Waals surface area (Å²) in [7, 11) is -3.61. The Bertz CT molecular complexity index is 958. The Morgan fingerprint density at radius 3 is 2.36 bits per heavy atom. The van der Waals surface area contributed by atoms with Crippen LogP contribution in [-0.4, -0.2) is 31.7 Å².